The van der Waals surface area contributed by atoms with E-state index in [4.69, 9.17) is 5.73 Å². The minimum absolute atomic E-state index is 0.146. The van der Waals surface area contributed by atoms with Gasteiger partial charge < -0.3 is 5.73 Å². The third kappa shape index (κ3) is 2.68. The van der Waals surface area contributed by atoms with E-state index in [1.165, 1.54) is 23.5 Å². The Morgan fingerprint density at radius 3 is 2.65 bits per heavy atom. The Balaban J connectivity index is 2.35. The fourth-order valence-electron chi connectivity index (χ4n) is 1.55. The fraction of sp³-hybridized carbons (Fsp3) is 0.167. The van der Waals surface area contributed by atoms with Crippen molar-refractivity contribution >= 4 is 17.2 Å². The Morgan fingerprint density at radius 1 is 1.41 bits per heavy atom. The number of nitrogens with zero attached hydrogens (tertiary/aromatic N) is 1. The van der Waals surface area contributed by atoms with Crippen molar-refractivity contribution in [3.63, 3.8) is 0 Å². The van der Waals surface area contributed by atoms with Gasteiger partial charge in [-0.2, -0.15) is 0 Å². The highest BCUT2D eigenvalue weighted by Gasteiger charge is 2.11. The largest absolute Gasteiger partial charge is 0.369 e. The molecule has 1 heterocycles. The number of aryl methyl sites for hydroxylation is 1. The first-order valence-electron chi connectivity index (χ1n) is 5.07. The van der Waals surface area contributed by atoms with Crippen LogP contribution in [0.2, 0.25) is 0 Å². The van der Waals surface area contributed by atoms with Gasteiger partial charge in [-0.25, -0.2) is 9.37 Å². The molecule has 0 spiro atoms. The summed E-state index contributed by atoms with van der Waals surface area (Å²) in [6, 6.07) is 6.13. The number of carbonyl (C=O) groups excluding carboxylic acids is 1. The number of hydrogen-bond donors (Lipinski definition) is 1. The number of benzene rings is 1. The Bertz CT molecular complexity index is 548. The highest BCUT2D eigenvalue weighted by molar-refractivity contribution is 7.12. The van der Waals surface area contributed by atoms with Crippen molar-refractivity contribution in [3.8, 4) is 11.3 Å². The van der Waals surface area contributed by atoms with Crippen LogP contribution in [0.1, 0.15) is 9.88 Å². The summed E-state index contributed by atoms with van der Waals surface area (Å²) in [6.45, 7) is 1.92. The zero-order valence-electron chi connectivity index (χ0n) is 9.24. The number of hydrogen-bond acceptors (Lipinski definition) is 3. The van der Waals surface area contributed by atoms with Crippen molar-refractivity contribution < 1.29 is 9.18 Å². The maximum atomic E-state index is 12.8. The van der Waals surface area contributed by atoms with E-state index in [1.807, 2.05) is 6.92 Å². The lowest BCUT2D eigenvalue weighted by molar-refractivity contribution is -0.117. The molecule has 1 aromatic heterocycles. The van der Waals surface area contributed by atoms with Crippen molar-refractivity contribution in [2.24, 2.45) is 5.73 Å². The highest BCUT2D eigenvalue weighted by atomic mass is 32.1. The normalized spacial score (nSPS) is 10.5. The fourth-order valence-corrected chi connectivity index (χ4v) is 2.52. The molecule has 0 saturated heterocycles. The number of carbonyl (C=O) groups is 1. The second kappa shape index (κ2) is 4.63. The van der Waals surface area contributed by atoms with E-state index >= 15 is 0 Å². The molecule has 2 rings (SSSR count). The molecule has 2 aromatic rings. The van der Waals surface area contributed by atoms with Crippen LogP contribution in [0.3, 0.4) is 0 Å². The van der Waals surface area contributed by atoms with E-state index < -0.39 is 5.91 Å². The topological polar surface area (TPSA) is 56.0 Å². The van der Waals surface area contributed by atoms with E-state index in [1.54, 1.807) is 12.1 Å². The van der Waals surface area contributed by atoms with Crippen molar-refractivity contribution in [3.05, 3.63) is 40.0 Å². The molecule has 0 radical (unpaired) electrons. The first-order valence-corrected chi connectivity index (χ1v) is 5.88. The Kier molecular flexibility index (Phi) is 3.19. The molecule has 0 fully saturated rings. The number of halogens is 1. The predicted molar refractivity (Wildman–Crippen MR) is 65.1 cm³/mol. The molecule has 0 aliphatic heterocycles. The average Bonchev–Trinajstić information content (AvgIpc) is 2.59. The molecule has 2 N–H and O–H groups in total. The van der Waals surface area contributed by atoms with E-state index in [2.05, 4.69) is 4.98 Å². The summed E-state index contributed by atoms with van der Waals surface area (Å²) >= 11 is 1.44. The quantitative estimate of drug-likeness (QED) is 0.908. The molecule has 1 amide bonds. The molecule has 3 nitrogen and oxygen atoms in total. The molecule has 0 atom stereocenters. The van der Waals surface area contributed by atoms with E-state index in [0.717, 1.165) is 16.1 Å². The van der Waals surface area contributed by atoms with Gasteiger partial charge in [0, 0.05) is 10.4 Å². The summed E-state index contributed by atoms with van der Waals surface area (Å²) in [5, 5.41) is 0.689. The van der Waals surface area contributed by atoms with Crippen molar-refractivity contribution in [1.29, 1.82) is 0 Å². The van der Waals surface area contributed by atoms with Crippen molar-refractivity contribution in [2.45, 2.75) is 13.3 Å². The van der Waals surface area contributed by atoms with Crippen LogP contribution in [0.5, 0.6) is 0 Å². The summed E-state index contributed by atoms with van der Waals surface area (Å²) in [7, 11) is 0. The second-order valence-electron chi connectivity index (χ2n) is 3.66. The molecule has 0 aliphatic carbocycles. The van der Waals surface area contributed by atoms with Crippen molar-refractivity contribution in [2.75, 3.05) is 0 Å². The van der Waals surface area contributed by atoms with Crippen molar-refractivity contribution in [1.82, 2.24) is 4.98 Å². The molecular weight excluding hydrogens is 239 g/mol. The van der Waals surface area contributed by atoms with Gasteiger partial charge in [0.2, 0.25) is 5.91 Å². The summed E-state index contributed by atoms with van der Waals surface area (Å²) in [5.41, 5.74) is 6.75. The first-order chi connectivity index (χ1) is 8.06. The maximum Gasteiger partial charge on any atom is 0.224 e. The van der Waals surface area contributed by atoms with Crippen LogP contribution >= 0.6 is 11.3 Å². The maximum absolute atomic E-state index is 12.8. The average molecular weight is 250 g/mol. The van der Waals surface area contributed by atoms with Gasteiger partial charge in [-0.3, -0.25) is 4.79 Å². The van der Waals surface area contributed by atoms with Crippen LogP contribution in [0, 0.1) is 12.7 Å². The molecule has 5 heteroatoms. The van der Waals surface area contributed by atoms with Crippen LogP contribution in [0.15, 0.2) is 24.3 Å². The zero-order chi connectivity index (χ0) is 12.4. The standard InChI is InChI=1S/C12H11FN2OS/c1-7-12(8-2-4-9(13)5-3-8)15-11(17-7)6-10(14)16/h2-5H,6H2,1H3,(H2,14,16). The lowest BCUT2D eigenvalue weighted by Gasteiger charge is -1.97. The minimum atomic E-state index is -0.399. The Morgan fingerprint density at radius 2 is 2.06 bits per heavy atom. The molecule has 0 unspecified atom stereocenters. The number of rotatable bonds is 3. The van der Waals surface area contributed by atoms with Gasteiger partial charge >= 0.3 is 0 Å². The van der Waals surface area contributed by atoms with Gasteiger partial charge in [-0.05, 0) is 31.2 Å². The highest BCUT2D eigenvalue weighted by Crippen LogP contribution is 2.27. The number of primary amides is 1. The molecule has 17 heavy (non-hydrogen) atoms. The monoisotopic (exact) mass is 250 g/mol. The van der Waals surface area contributed by atoms with Gasteiger partial charge in [0.05, 0.1) is 12.1 Å². The van der Waals surface area contributed by atoms with Gasteiger partial charge in [0.15, 0.2) is 0 Å². The molecule has 0 bridgehead atoms. The zero-order valence-corrected chi connectivity index (χ0v) is 10.1. The lowest BCUT2D eigenvalue weighted by atomic mass is 10.1. The number of amides is 1. The van der Waals surface area contributed by atoms with Crippen LogP contribution in [-0.4, -0.2) is 10.9 Å². The number of nitrogens with two attached hydrogens (primary N) is 1. The summed E-state index contributed by atoms with van der Waals surface area (Å²) < 4.78 is 12.8. The van der Waals surface area contributed by atoms with Gasteiger partial charge in [0.25, 0.3) is 0 Å². The minimum Gasteiger partial charge on any atom is -0.369 e. The Labute approximate surface area is 102 Å². The van der Waals surface area contributed by atoms with Crippen LogP contribution < -0.4 is 5.73 Å². The summed E-state index contributed by atoms with van der Waals surface area (Å²) in [4.78, 5) is 16.1. The smallest absolute Gasteiger partial charge is 0.224 e. The molecule has 0 aliphatic rings. The molecular formula is C12H11FN2OS. The third-order valence-corrected chi connectivity index (χ3v) is 3.25. The van der Waals surface area contributed by atoms with Gasteiger partial charge in [-0.15, -0.1) is 11.3 Å². The lowest BCUT2D eigenvalue weighted by Crippen LogP contribution is -2.13. The van der Waals surface area contributed by atoms with E-state index in [-0.39, 0.29) is 12.2 Å². The van der Waals surface area contributed by atoms with Crippen LogP contribution in [-0.2, 0) is 11.2 Å². The van der Waals surface area contributed by atoms with E-state index in [0.29, 0.717) is 5.01 Å². The SMILES string of the molecule is Cc1sc(CC(N)=O)nc1-c1ccc(F)cc1. The molecule has 1 aromatic carbocycles. The van der Waals surface area contributed by atoms with Gasteiger partial charge in [0.1, 0.15) is 10.8 Å². The second-order valence-corrected chi connectivity index (χ2v) is 4.95. The van der Waals surface area contributed by atoms with Crippen LogP contribution in [0.4, 0.5) is 4.39 Å². The van der Waals surface area contributed by atoms with Gasteiger partial charge in [-0.1, -0.05) is 0 Å². The number of thiazole rings is 1. The molecule has 0 saturated carbocycles. The Hall–Kier alpha value is -1.75. The predicted octanol–water partition coefficient (Wildman–Crippen LogP) is 2.29. The van der Waals surface area contributed by atoms with Crippen LogP contribution in [0.25, 0.3) is 11.3 Å². The molecule has 88 valence electrons. The summed E-state index contributed by atoms with van der Waals surface area (Å²) in [5.74, 6) is -0.677. The van der Waals surface area contributed by atoms with E-state index in [9.17, 15) is 9.18 Å². The first kappa shape index (κ1) is 11.7. The third-order valence-electron chi connectivity index (χ3n) is 2.28. The summed E-state index contributed by atoms with van der Waals surface area (Å²) in [6.07, 6.45) is 0.146. The number of aromatic nitrogens is 1.